The van der Waals surface area contributed by atoms with Gasteiger partial charge in [-0.1, -0.05) is 0 Å². The summed E-state index contributed by atoms with van der Waals surface area (Å²) in [6.45, 7) is 0. The Hall–Kier alpha value is -2.07. The van der Waals surface area contributed by atoms with Gasteiger partial charge in [0.25, 0.3) is 0 Å². The van der Waals surface area contributed by atoms with Crippen LogP contribution in [0.1, 0.15) is 5.56 Å². The van der Waals surface area contributed by atoms with Crippen LogP contribution in [0.15, 0.2) is 12.4 Å². The monoisotopic (exact) mass is 172 g/mol. The number of rotatable bonds is 1. The lowest BCUT2D eigenvalue weighted by molar-refractivity contribution is 0.995. The van der Waals surface area contributed by atoms with E-state index in [1.54, 1.807) is 23.4 Å². The molecule has 4 heteroatoms. The largest absolute Gasteiger partial charge is 0.347 e. The number of anilines is 1. The van der Waals surface area contributed by atoms with E-state index in [1.807, 2.05) is 14.1 Å². The minimum absolute atomic E-state index is 0.627. The summed E-state index contributed by atoms with van der Waals surface area (Å²) in [5.41, 5.74) is 0.646. The molecule has 0 saturated carbocycles. The SMILES string of the molecule is CN(C)c1ncc(C#CC#N)cn1. The molecule has 13 heavy (non-hydrogen) atoms. The van der Waals surface area contributed by atoms with Gasteiger partial charge in [0.1, 0.15) is 0 Å². The Morgan fingerprint density at radius 2 is 1.92 bits per heavy atom. The van der Waals surface area contributed by atoms with Crippen LogP contribution in [0.5, 0.6) is 0 Å². The van der Waals surface area contributed by atoms with Crippen LogP contribution in [0.3, 0.4) is 0 Å². The van der Waals surface area contributed by atoms with E-state index in [4.69, 9.17) is 5.26 Å². The molecule has 1 aromatic heterocycles. The van der Waals surface area contributed by atoms with Gasteiger partial charge < -0.3 is 4.90 Å². The molecule has 0 saturated heterocycles. The molecule has 0 unspecified atom stereocenters. The Balaban J connectivity index is 2.89. The first kappa shape index (κ1) is 9.02. The van der Waals surface area contributed by atoms with Gasteiger partial charge in [-0.15, -0.1) is 0 Å². The Bertz CT molecular complexity index is 375. The Morgan fingerprint density at radius 1 is 1.31 bits per heavy atom. The lowest BCUT2D eigenvalue weighted by Gasteiger charge is -2.07. The second kappa shape index (κ2) is 4.08. The molecular weight excluding hydrogens is 164 g/mol. The van der Waals surface area contributed by atoms with Crippen LogP contribution in [-0.2, 0) is 0 Å². The number of hydrogen-bond donors (Lipinski definition) is 0. The zero-order valence-corrected chi connectivity index (χ0v) is 7.44. The summed E-state index contributed by atoms with van der Waals surface area (Å²) in [6.07, 6.45) is 3.18. The quantitative estimate of drug-likeness (QED) is 0.576. The molecule has 0 N–H and O–H groups in total. The molecule has 0 bridgehead atoms. The number of nitriles is 1. The summed E-state index contributed by atoms with van der Waals surface area (Å²) >= 11 is 0. The van der Waals surface area contributed by atoms with Gasteiger partial charge in [0.05, 0.1) is 5.56 Å². The standard InChI is InChI=1S/C9H8N4/c1-13(2)9-11-6-8(7-12-9)4-3-5-10/h6-7H,1-2H3. The van der Waals surface area contributed by atoms with Gasteiger partial charge in [-0.2, -0.15) is 5.26 Å². The zero-order valence-electron chi connectivity index (χ0n) is 7.44. The molecule has 0 radical (unpaired) electrons. The highest BCUT2D eigenvalue weighted by atomic mass is 15.2. The Labute approximate surface area is 76.8 Å². The minimum Gasteiger partial charge on any atom is -0.347 e. The summed E-state index contributed by atoms with van der Waals surface area (Å²) in [7, 11) is 3.71. The van der Waals surface area contributed by atoms with Crippen LogP contribution in [0.2, 0.25) is 0 Å². The predicted molar refractivity (Wildman–Crippen MR) is 48.9 cm³/mol. The van der Waals surface area contributed by atoms with E-state index in [0.717, 1.165) is 0 Å². The average molecular weight is 172 g/mol. The van der Waals surface area contributed by atoms with E-state index in [9.17, 15) is 0 Å². The fourth-order valence-electron chi connectivity index (χ4n) is 0.717. The second-order valence-electron chi connectivity index (χ2n) is 2.53. The van der Waals surface area contributed by atoms with Crippen LogP contribution >= 0.6 is 0 Å². The van der Waals surface area contributed by atoms with E-state index in [0.29, 0.717) is 11.5 Å². The fraction of sp³-hybridized carbons (Fsp3) is 0.222. The molecule has 1 heterocycles. The van der Waals surface area contributed by atoms with Crippen LogP contribution < -0.4 is 4.90 Å². The number of hydrogen-bond acceptors (Lipinski definition) is 4. The summed E-state index contributed by atoms with van der Waals surface area (Å²) in [4.78, 5) is 9.86. The molecule has 0 aromatic carbocycles. The molecule has 0 aliphatic rings. The third-order valence-electron chi connectivity index (χ3n) is 1.30. The first-order valence-electron chi connectivity index (χ1n) is 3.63. The van der Waals surface area contributed by atoms with Crippen LogP contribution in [0, 0.1) is 23.2 Å². The minimum atomic E-state index is 0.627. The van der Waals surface area contributed by atoms with Crippen molar-refractivity contribution in [1.82, 2.24) is 9.97 Å². The molecule has 0 fully saturated rings. The molecule has 64 valence electrons. The van der Waals surface area contributed by atoms with E-state index in [2.05, 4.69) is 21.8 Å². The average Bonchev–Trinajstić information content (AvgIpc) is 2.15. The van der Waals surface area contributed by atoms with Gasteiger partial charge in [-0.3, -0.25) is 0 Å². The van der Waals surface area contributed by atoms with Gasteiger partial charge in [0.15, 0.2) is 6.07 Å². The maximum Gasteiger partial charge on any atom is 0.224 e. The van der Waals surface area contributed by atoms with E-state index < -0.39 is 0 Å². The van der Waals surface area contributed by atoms with Crippen molar-refractivity contribution in [2.45, 2.75) is 0 Å². The van der Waals surface area contributed by atoms with Gasteiger partial charge >= 0.3 is 0 Å². The van der Waals surface area contributed by atoms with Gasteiger partial charge in [-0.25, -0.2) is 9.97 Å². The van der Waals surface area contributed by atoms with Crippen molar-refractivity contribution in [3.05, 3.63) is 18.0 Å². The van der Waals surface area contributed by atoms with Crippen molar-refractivity contribution in [3.8, 4) is 17.9 Å². The smallest absolute Gasteiger partial charge is 0.224 e. The number of nitrogens with zero attached hydrogens (tertiary/aromatic N) is 4. The van der Waals surface area contributed by atoms with Crippen LogP contribution in [0.4, 0.5) is 5.95 Å². The first-order chi connectivity index (χ1) is 6.24. The Kier molecular flexibility index (Phi) is 2.83. The van der Waals surface area contributed by atoms with Crippen molar-refractivity contribution < 1.29 is 0 Å². The first-order valence-corrected chi connectivity index (χ1v) is 3.63. The summed E-state index contributed by atoms with van der Waals surface area (Å²) < 4.78 is 0. The van der Waals surface area contributed by atoms with E-state index >= 15 is 0 Å². The normalized spacial score (nSPS) is 8.08. The van der Waals surface area contributed by atoms with Crippen LogP contribution in [-0.4, -0.2) is 24.1 Å². The highest BCUT2D eigenvalue weighted by Crippen LogP contribution is 2.01. The maximum atomic E-state index is 8.20. The van der Waals surface area contributed by atoms with Crippen molar-refractivity contribution >= 4 is 5.95 Å². The van der Waals surface area contributed by atoms with Crippen LogP contribution in [0.25, 0.3) is 0 Å². The van der Waals surface area contributed by atoms with E-state index in [1.165, 1.54) is 0 Å². The molecule has 0 atom stereocenters. The lowest BCUT2D eigenvalue weighted by Crippen LogP contribution is -2.12. The lowest BCUT2D eigenvalue weighted by atomic mass is 10.3. The second-order valence-corrected chi connectivity index (χ2v) is 2.53. The highest BCUT2D eigenvalue weighted by molar-refractivity contribution is 5.37. The fourth-order valence-corrected chi connectivity index (χ4v) is 0.717. The third kappa shape index (κ3) is 2.46. The third-order valence-corrected chi connectivity index (χ3v) is 1.30. The summed E-state index contributed by atoms with van der Waals surface area (Å²) in [6, 6.07) is 1.73. The molecule has 4 nitrogen and oxygen atoms in total. The van der Waals surface area contributed by atoms with Gasteiger partial charge in [0.2, 0.25) is 5.95 Å². The van der Waals surface area contributed by atoms with Crippen molar-refractivity contribution in [3.63, 3.8) is 0 Å². The van der Waals surface area contributed by atoms with Crippen molar-refractivity contribution in [2.75, 3.05) is 19.0 Å². The molecule has 1 rings (SSSR count). The number of aromatic nitrogens is 2. The van der Waals surface area contributed by atoms with Gasteiger partial charge in [-0.05, 0) is 5.92 Å². The topological polar surface area (TPSA) is 52.8 Å². The molecular formula is C9H8N4. The van der Waals surface area contributed by atoms with Gasteiger partial charge in [0, 0.05) is 32.4 Å². The summed E-state index contributed by atoms with van der Waals surface area (Å²) in [5.74, 6) is 5.51. The van der Waals surface area contributed by atoms with Crippen molar-refractivity contribution in [2.24, 2.45) is 0 Å². The van der Waals surface area contributed by atoms with Crippen molar-refractivity contribution in [1.29, 1.82) is 5.26 Å². The zero-order chi connectivity index (χ0) is 9.68. The molecule has 1 aromatic rings. The predicted octanol–water partition coefficient (Wildman–Crippen LogP) is 0.418. The van der Waals surface area contributed by atoms with E-state index in [-0.39, 0.29) is 0 Å². The Morgan fingerprint density at radius 3 is 2.38 bits per heavy atom. The molecule has 0 amide bonds. The molecule has 0 spiro atoms. The molecule has 0 aliphatic heterocycles. The molecule has 0 aliphatic carbocycles. The maximum absolute atomic E-state index is 8.20. The highest BCUT2D eigenvalue weighted by Gasteiger charge is 1.96. The summed E-state index contributed by atoms with van der Waals surface area (Å²) in [5, 5.41) is 8.20.